The number of anilines is 1. The molecule has 0 aromatic carbocycles. The smallest absolute Gasteiger partial charge is 0.310 e. The highest BCUT2D eigenvalue weighted by atomic mass is 32.2. The molecule has 2 aromatic heterocycles. The number of amides is 1. The average Bonchev–Trinajstić information content (AvgIpc) is 3.36. The number of aromatic nitrogens is 2. The van der Waals surface area contributed by atoms with Crippen molar-refractivity contribution >= 4 is 29.5 Å². The molecule has 2 saturated heterocycles. The topological polar surface area (TPSA) is 98.0 Å². The first-order valence-corrected chi connectivity index (χ1v) is 12.9. The number of furan rings is 1. The molecule has 0 unspecified atom stereocenters. The first-order chi connectivity index (χ1) is 16.6. The Morgan fingerprint density at radius 3 is 2.76 bits per heavy atom. The Bertz CT molecular complexity index is 991. The predicted octanol–water partition coefficient (Wildman–Crippen LogP) is 3.18. The van der Waals surface area contributed by atoms with Gasteiger partial charge in [-0.1, -0.05) is 18.7 Å². The molecule has 0 bridgehead atoms. The standard InChI is InChI=1S/C24H32N4O5S/c1-3-18-14-21(27-10-12-31-13-11-27)26-24(25-18)34-16-19-7-8-20(33-19)22(29)28-9-5-6-17(15-28)23(30)32-4-2/h7-8,14,17H,3-6,9-13,15-16H2,1-2H3/t17-/m1/s1. The lowest BCUT2D eigenvalue weighted by Gasteiger charge is -2.30. The summed E-state index contributed by atoms with van der Waals surface area (Å²) in [7, 11) is 0. The summed E-state index contributed by atoms with van der Waals surface area (Å²) in [4.78, 5) is 38.3. The largest absolute Gasteiger partial charge is 0.466 e. The zero-order valence-corrected chi connectivity index (χ0v) is 20.6. The number of morpholine rings is 1. The van der Waals surface area contributed by atoms with E-state index >= 15 is 0 Å². The summed E-state index contributed by atoms with van der Waals surface area (Å²) >= 11 is 1.49. The van der Waals surface area contributed by atoms with Gasteiger partial charge in [0, 0.05) is 37.9 Å². The highest BCUT2D eigenvalue weighted by Gasteiger charge is 2.31. The van der Waals surface area contributed by atoms with Crippen molar-refractivity contribution in [2.45, 2.75) is 44.0 Å². The van der Waals surface area contributed by atoms with Crippen LogP contribution in [0.25, 0.3) is 0 Å². The number of thioether (sulfide) groups is 1. The van der Waals surface area contributed by atoms with Gasteiger partial charge in [0.15, 0.2) is 10.9 Å². The van der Waals surface area contributed by atoms with Gasteiger partial charge in [-0.3, -0.25) is 9.59 Å². The van der Waals surface area contributed by atoms with Crippen LogP contribution in [0.1, 0.15) is 48.7 Å². The molecule has 0 radical (unpaired) electrons. The van der Waals surface area contributed by atoms with Crippen LogP contribution < -0.4 is 4.90 Å². The maximum absolute atomic E-state index is 12.9. The van der Waals surface area contributed by atoms with Gasteiger partial charge in [-0.2, -0.15) is 0 Å². The molecule has 2 aromatic rings. The number of hydrogen-bond donors (Lipinski definition) is 0. The summed E-state index contributed by atoms with van der Waals surface area (Å²) in [5.41, 5.74) is 0.996. The molecular formula is C24H32N4O5S. The summed E-state index contributed by atoms with van der Waals surface area (Å²) in [6, 6.07) is 5.56. The van der Waals surface area contributed by atoms with Crippen molar-refractivity contribution in [3.63, 3.8) is 0 Å². The normalized spacial score (nSPS) is 18.7. The molecule has 2 fully saturated rings. The maximum atomic E-state index is 12.9. The third-order valence-electron chi connectivity index (χ3n) is 5.99. The van der Waals surface area contributed by atoms with Crippen molar-refractivity contribution in [1.82, 2.24) is 14.9 Å². The number of aryl methyl sites for hydroxylation is 1. The summed E-state index contributed by atoms with van der Waals surface area (Å²) in [5, 5.41) is 0.693. The Balaban J connectivity index is 1.37. The molecule has 10 heteroatoms. The van der Waals surface area contributed by atoms with Crippen molar-refractivity contribution in [1.29, 1.82) is 0 Å². The lowest BCUT2D eigenvalue weighted by Crippen LogP contribution is -2.42. The number of carbonyl (C=O) groups excluding carboxylic acids is 2. The highest BCUT2D eigenvalue weighted by molar-refractivity contribution is 7.98. The maximum Gasteiger partial charge on any atom is 0.310 e. The van der Waals surface area contributed by atoms with E-state index in [0.29, 0.717) is 49.6 Å². The van der Waals surface area contributed by atoms with Crippen LogP contribution >= 0.6 is 11.8 Å². The molecule has 0 aliphatic carbocycles. The summed E-state index contributed by atoms with van der Waals surface area (Å²) in [6.45, 7) is 8.25. The molecular weight excluding hydrogens is 456 g/mol. The summed E-state index contributed by atoms with van der Waals surface area (Å²) in [5.74, 6) is 1.73. The predicted molar refractivity (Wildman–Crippen MR) is 128 cm³/mol. The van der Waals surface area contributed by atoms with Crippen LogP contribution in [0.2, 0.25) is 0 Å². The second-order valence-electron chi connectivity index (χ2n) is 8.35. The Hall–Kier alpha value is -2.59. The number of rotatable bonds is 8. The molecule has 9 nitrogen and oxygen atoms in total. The van der Waals surface area contributed by atoms with Gasteiger partial charge in [0.1, 0.15) is 11.6 Å². The summed E-state index contributed by atoms with van der Waals surface area (Å²) in [6.07, 6.45) is 2.34. The molecule has 2 aliphatic heterocycles. The molecule has 2 aliphatic rings. The van der Waals surface area contributed by atoms with Crippen LogP contribution in [0.4, 0.5) is 5.82 Å². The van der Waals surface area contributed by atoms with Gasteiger partial charge in [-0.25, -0.2) is 9.97 Å². The number of nitrogens with zero attached hydrogens (tertiary/aromatic N) is 4. The van der Waals surface area contributed by atoms with E-state index in [2.05, 4.69) is 16.8 Å². The summed E-state index contributed by atoms with van der Waals surface area (Å²) < 4.78 is 16.4. The number of hydrogen-bond acceptors (Lipinski definition) is 9. The van der Waals surface area contributed by atoms with Gasteiger partial charge in [0.2, 0.25) is 0 Å². The fraction of sp³-hybridized carbons (Fsp3) is 0.583. The highest BCUT2D eigenvalue weighted by Crippen LogP contribution is 2.26. The van der Waals surface area contributed by atoms with Gasteiger partial charge < -0.3 is 23.7 Å². The van der Waals surface area contributed by atoms with E-state index in [1.54, 1.807) is 17.9 Å². The first kappa shape index (κ1) is 24.5. The second-order valence-corrected chi connectivity index (χ2v) is 9.29. The number of ether oxygens (including phenoxy) is 2. The number of likely N-dealkylation sites (tertiary alicyclic amines) is 1. The number of carbonyl (C=O) groups is 2. The number of esters is 1. The minimum atomic E-state index is -0.272. The van der Waals surface area contributed by atoms with Gasteiger partial charge in [-0.15, -0.1) is 0 Å². The molecule has 0 spiro atoms. The lowest BCUT2D eigenvalue weighted by atomic mass is 9.98. The monoisotopic (exact) mass is 488 g/mol. The van der Waals surface area contributed by atoms with Gasteiger partial charge >= 0.3 is 5.97 Å². The second kappa shape index (κ2) is 11.7. The van der Waals surface area contributed by atoms with Crippen molar-refractivity contribution in [2.75, 3.05) is 50.9 Å². The quantitative estimate of drug-likeness (QED) is 0.315. The van der Waals surface area contributed by atoms with Gasteiger partial charge in [0.05, 0.1) is 31.5 Å². The molecule has 4 heterocycles. The molecule has 184 valence electrons. The Morgan fingerprint density at radius 1 is 1.18 bits per heavy atom. The SMILES string of the molecule is CCOC(=O)[C@@H]1CCCN(C(=O)c2ccc(CSc3nc(CC)cc(N4CCOCC4)n3)o2)C1. The fourth-order valence-corrected chi connectivity index (χ4v) is 4.90. The minimum Gasteiger partial charge on any atom is -0.466 e. The van der Waals surface area contributed by atoms with Crippen molar-refractivity contribution < 1.29 is 23.5 Å². The zero-order valence-electron chi connectivity index (χ0n) is 19.8. The van der Waals surface area contributed by atoms with Crippen LogP contribution in [0.15, 0.2) is 27.8 Å². The molecule has 34 heavy (non-hydrogen) atoms. The Morgan fingerprint density at radius 2 is 2.00 bits per heavy atom. The van der Waals surface area contributed by atoms with Crippen molar-refractivity contribution in [3.05, 3.63) is 35.4 Å². The average molecular weight is 489 g/mol. The van der Waals surface area contributed by atoms with E-state index < -0.39 is 0 Å². The van der Waals surface area contributed by atoms with Crippen LogP contribution in [0.5, 0.6) is 0 Å². The van der Waals surface area contributed by atoms with Gasteiger partial charge in [-0.05, 0) is 38.3 Å². The van der Waals surface area contributed by atoms with Crippen LogP contribution in [-0.2, 0) is 26.4 Å². The molecule has 1 amide bonds. The third kappa shape index (κ3) is 6.09. The molecule has 4 rings (SSSR count). The molecule has 1 atom stereocenters. The van der Waals surface area contributed by atoms with Crippen molar-refractivity contribution in [3.8, 4) is 0 Å². The lowest BCUT2D eigenvalue weighted by molar-refractivity contribution is -0.149. The van der Waals surface area contributed by atoms with E-state index in [1.807, 2.05) is 12.1 Å². The van der Waals surface area contributed by atoms with E-state index in [1.165, 1.54) is 11.8 Å². The number of piperidine rings is 1. The zero-order chi connectivity index (χ0) is 23.9. The van der Waals surface area contributed by atoms with E-state index in [0.717, 1.165) is 43.9 Å². The van der Waals surface area contributed by atoms with E-state index in [-0.39, 0.29) is 23.6 Å². The molecule has 0 N–H and O–H groups in total. The molecule has 0 saturated carbocycles. The fourth-order valence-electron chi connectivity index (χ4n) is 4.14. The van der Waals surface area contributed by atoms with Crippen molar-refractivity contribution in [2.24, 2.45) is 5.92 Å². The Kier molecular flexibility index (Phi) is 8.44. The van der Waals surface area contributed by atoms with E-state index in [4.69, 9.17) is 18.9 Å². The van der Waals surface area contributed by atoms with Crippen LogP contribution in [-0.4, -0.2) is 72.7 Å². The third-order valence-corrected chi connectivity index (χ3v) is 6.86. The Labute approximate surface area is 204 Å². The van der Waals surface area contributed by atoms with Crippen LogP contribution in [0.3, 0.4) is 0 Å². The minimum absolute atomic E-state index is 0.191. The van der Waals surface area contributed by atoms with Crippen LogP contribution in [0, 0.1) is 5.92 Å². The van der Waals surface area contributed by atoms with E-state index in [9.17, 15) is 9.59 Å². The van der Waals surface area contributed by atoms with Gasteiger partial charge in [0.25, 0.3) is 5.91 Å². The first-order valence-electron chi connectivity index (χ1n) is 12.0.